The van der Waals surface area contributed by atoms with Gasteiger partial charge < -0.3 is 15.8 Å². The Hall–Kier alpha value is -1.59. The van der Waals surface area contributed by atoms with Crippen LogP contribution in [0.15, 0.2) is 24.3 Å². The summed E-state index contributed by atoms with van der Waals surface area (Å²) in [5, 5.41) is 2.63. The van der Waals surface area contributed by atoms with Crippen LogP contribution < -0.4 is 15.8 Å². The van der Waals surface area contributed by atoms with Crippen LogP contribution in [0.3, 0.4) is 0 Å². The zero-order chi connectivity index (χ0) is 15.1. The number of likely N-dealkylation sites (N-methyl/N-ethyl adjacent to an activating group) is 1. The summed E-state index contributed by atoms with van der Waals surface area (Å²) < 4.78 is 5.26. The fourth-order valence-corrected chi connectivity index (χ4v) is 2.33. The molecule has 1 aromatic rings. The highest BCUT2D eigenvalue weighted by Crippen LogP contribution is 2.25. The summed E-state index contributed by atoms with van der Waals surface area (Å²) in [6.07, 6.45) is 0.459. The highest BCUT2D eigenvalue weighted by Gasteiger charge is 2.21. The van der Waals surface area contributed by atoms with E-state index in [1.54, 1.807) is 14.2 Å². The SMILES string of the molecule is CNC(=O)CCN(C)C(c1cccc(OC)c1)C(C)N. The first-order chi connectivity index (χ1) is 9.49. The van der Waals surface area contributed by atoms with Gasteiger partial charge in [-0.25, -0.2) is 0 Å². The summed E-state index contributed by atoms with van der Waals surface area (Å²) in [7, 11) is 5.28. The molecule has 1 aromatic carbocycles. The van der Waals surface area contributed by atoms with Crippen LogP contribution in [0.5, 0.6) is 5.75 Å². The van der Waals surface area contributed by atoms with Crippen LogP contribution in [0.25, 0.3) is 0 Å². The van der Waals surface area contributed by atoms with Gasteiger partial charge in [-0.3, -0.25) is 9.69 Å². The van der Waals surface area contributed by atoms with Crippen LogP contribution >= 0.6 is 0 Å². The van der Waals surface area contributed by atoms with E-state index < -0.39 is 0 Å². The van der Waals surface area contributed by atoms with Crippen molar-refractivity contribution >= 4 is 5.91 Å². The van der Waals surface area contributed by atoms with E-state index in [9.17, 15) is 4.79 Å². The summed E-state index contributed by atoms with van der Waals surface area (Å²) in [5.74, 6) is 0.846. The minimum Gasteiger partial charge on any atom is -0.497 e. The Morgan fingerprint density at radius 2 is 2.20 bits per heavy atom. The van der Waals surface area contributed by atoms with Crippen LogP contribution in [0, 0.1) is 0 Å². The molecule has 0 aromatic heterocycles. The van der Waals surface area contributed by atoms with Gasteiger partial charge in [0.1, 0.15) is 5.75 Å². The van der Waals surface area contributed by atoms with Crippen molar-refractivity contribution < 1.29 is 9.53 Å². The number of rotatable bonds is 7. The maximum Gasteiger partial charge on any atom is 0.221 e. The Balaban J connectivity index is 2.84. The molecule has 1 amide bonds. The Morgan fingerprint density at radius 3 is 2.75 bits per heavy atom. The van der Waals surface area contributed by atoms with E-state index in [1.165, 1.54) is 0 Å². The summed E-state index contributed by atoms with van der Waals surface area (Å²) in [5.41, 5.74) is 7.21. The number of amides is 1. The van der Waals surface area contributed by atoms with Gasteiger partial charge in [-0.15, -0.1) is 0 Å². The molecule has 0 radical (unpaired) electrons. The summed E-state index contributed by atoms with van der Waals surface area (Å²) in [6.45, 7) is 2.63. The van der Waals surface area contributed by atoms with Crippen LogP contribution in [0.4, 0.5) is 0 Å². The third kappa shape index (κ3) is 4.51. The molecule has 0 saturated heterocycles. The van der Waals surface area contributed by atoms with Crippen molar-refractivity contribution in [2.75, 3.05) is 27.7 Å². The third-order valence-corrected chi connectivity index (χ3v) is 3.38. The van der Waals surface area contributed by atoms with Gasteiger partial charge in [-0.1, -0.05) is 12.1 Å². The van der Waals surface area contributed by atoms with Crippen molar-refractivity contribution in [1.82, 2.24) is 10.2 Å². The van der Waals surface area contributed by atoms with Gasteiger partial charge >= 0.3 is 0 Å². The molecule has 0 spiro atoms. The van der Waals surface area contributed by atoms with Crippen molar-refractivity contribution in [2.24, 2.45) is 5.73 Å². The number of benzene rings is 1. The van der Waals surface area contributed by atoms with Gasteiger partial charge in [0.2, 0.25) is 5.91 Å². The quantitative estimate of drug-likeness (QED) is 0.786. The lowest BCUT2D eigenvalue weighted by Gasteiger charge is -2.31. The first kappa shape index (κ1) is 16.5. The Bertz CT molecular complexity index is 435. The van der Waals surface area contributed by atoms with E-state index in [0.717, 1.165) is 11.3 Å². The van der Waals surface area contributed by atoms with Gasteiger partial charge in [-0.05, 0) is 31.7 Å². The number of methoxy groups -OCH3 is 1. The van der Waals surface area contributed by atoms with Crippen LogP contribution in [0.1, 0.15) is 24.9 Å². The maximum atomic E-state index is 11.4. The Labute approximate surface area is 121 Å². The van der Waals surface area contributed by atoms with Crippen LogP contribution in [0.2, 0.25) is 0 Å². The first-order valence-electron chi connectivity index (χ1n) is 6.80. The predicted molar refractivity (Wildman–Crippen MR) is 80.7 cm³/mol. The number of hydrogen-bond acceptors (Lipinski definition) is 4. The lowest BCUT2D eigenvalue weighted by atomic mass is 9.99. The highest BCUT2D eigenvalue weighted by atomic mass is 16.5. The van der Waals surface area contributed by atoms with E-state index >= 15 is 0 Å². The minimum atomic E-state index is -0.0446. The van der Waals surface area contributed by atoms with Crippen LogP contribution in [-0.2, 0) is 4.79 Å². The number of carbonyl (C=O) groups excluding carboxylic acids is 1. The van der Waals surface area contributed by atoms with E-state index in [4.69, 9.17) is 10.5 Å². The number of nitrogens with zero attached hydrogens (tertiary/aromatic N) is 1. The maximum absolute atomic E-state index is 11.4. The van der Waals surface area contributed by atoms with Gasteiger partial charge in [0.25, 0.3) is 0 Å². The molecule has 0 aliphatic carbocycles. The third-order valence-electron chi connectivity index (χ3n) is 3.38. The second kappa shape index (κ2) is 7.87. The second-order valence-electron chi connectivity index (χ2n) is 4.98. The first-order valence-corrected chi connectivity index (χ1v) is 6.80. The number of ether oxygens (including phenoxy) is 1. The molecule has 2 atom stereocenters. The Kier molecular flexibility index (Phi) is 6.48. The number of carbonyl (C=O) groups is 1. The fraction of sp³-hybridized carbons (Fsp3) is 0.533. The molecular formula is C15H25N3O2. The summed E-state index contributed by atoms with van der Waals surface area (Å²) >= 11 is 0. The molecule has 1 rings (SSSR count). The Morgan fingerprint density at radius 1 is 1.50 bits per heavy atom. The van der Waals surface area contributed by atoms with Gasteiger partial charge in [-0.2, -0.15) is 0 Å². The fourth-order valence-electron chi connectivity index (χ4n) is 2.33. The summed E-state index contributed by atoms with van der Waals surface area (Å²) in [4.78, 5) is 13.5. The highest BCUT2D eigenvalue weighted by molar-refractivity contribution is 5.75. The van der Waals surface area contributed by atoms with Crippen molar-refractivity contribution in [3.8, 4) is 5.75 Å². The molecule has 0 fully saturated rings. The lowest BCUT2D eigenvalue weighted by Crippen LogP contribution is -2.39. The smallest absolute Gasteiger partial charge is 0.221 e. The minimum absolute atomic E-state index is 0.0333. The van der Waals surface area contributed by atoms with Crippen molar-refractivity contribution in [3.63, 3.8) is 0 Å². The normalized spacial score (nSPS) is 13.9. The van der Waals surface area contributed by atoms with Crippen molar-refractivity contribution in [1.29, 1.82) is 0 Å². The zero-order valence-corrected chi connectivity index (χ0v) is 12.7. The molecule has 20 heavy (non-hydrogen) atoms. The molecule has 0 bridgehead atoms. The van der Waals surface area contributed by atoms with Crippen LogP contribution in [-0.4, -0.2) is 44.6 Å². The molecule has 2 unspecified atom stereocenters. The summed E-state index contributed by atoms with van der Waals surface area (Å²) in [6, 6.07) is 7.89. The second-order valence-corrected chi connectivity index (χ2v) is 4.98. The zero-order valence-electron chi connectivity index (χ0n) is 12.7. The standard InChI is InChI=1S/C15H25N3O2/c1-11(16)15(18(3)9-8-14(19)17-2)12-6-5-7-13(10-12)20-4/h5-7,10-11,15H,8-9,16H2,1-4H3,(H,17,19). The number of nitrogens with one attached hydrogen (secondary N) is 1. The molecule has 112 valence electrons. The molecule has 0 saturated carbocycles. The topological polar surface area (TPSA) is 67.6 Å². The van der Waals surface area contributed by atoms with Gasteiger partial charge in [0.05, 0.1) is 7.11 Å². The molecule has 0 heterocycles. The van der Waals surface area contributed by atoms with Gasteiger partial charge in [0, 0.05) is 32.1 Å². The molecular weight excluding hydrogens is 254 g/mol. The molecule has 0 aliphatic rings. The van der Waals surface area contributed by atoms with Crippen molar-refractivity contribution in [2.45, 2.75) is 25.4 Å². The average Bonchev–Trinajstić information content (AvgIpc) is 2.44. The molecule has 3 N–H and O–H groups in total. The molecule has 5 nitrogen and oxygen atoms in total. The lowest BCUT2D eigenvalue weighted by molar-refractivity contribution is -0.121. The number of nitrogens with two attached hydrogens (primary N) is 1. The average molecular weight is 279 g/mol. The molecule has 5 heteroatoms. The molecule has 0 aliphatic heterocycles. The van der Waals surface area contributed by atoms with E-state index in [0.29, 0.717) is 13.0 Å². The van der Waals surface area contributed by atoms with Crippen molar-refractivity contribution in [3.05, 3.63) is 29.8 Å². The van der Waals surface area contributed by atoms with Gasteiger partial charge in [0.15, 0.2) is 0 Å². The monoisotopic (exact) mass is 279 g/mol. The number of hydrogen-bond donors (Lipinski definition) is 2. The van der Waals surface area contributed by atoms with E-state index in [2.05, 4.69) is 10.2 Å². The van der Waals surface area contributed by atoms with E-state index in [1.807, 2.05) is 38.2 Å². The predicted octanol–water partition coefficient (Wildman–Crippen LogP) is 1.15. The van der Waals surface area contributed by atoms with E-state index in [-0.39, 0.29) is 18.0 Å². The largest absolute Gasteiger partial charge is 0.497 e.